The first kappa shape index (κ1) is 13.8. The normalized spacial score (nSPS) is 17.8. The smallest absolute Gasteiger partial charge is 0.238 e. The summed E-state index contributed by atoms with van der Waals surface area (Å²) >= 11 is 0. The Morgan fingerprint density at radius 1 is 1.39 bits per heavy atom. The molecule has 0 aromatic carbocycles. The van der Waals surface area contributed by atoms with Gasteiger partial charge in [-0.25, -0.2) is 13.1 Å². The second-order valence-electron chi connectivity index (χ2n) is 5.12. The number of hydrogen-bond acceptors (Lipinski definition) is 4. The second kappa shape index (κ2) is 5.17. The summed E-state index contributed by atoms with van der Waals surface area (Å²) < 4.78 is 24.3. The average Bonchev–Trinajstić information content (AvgIpc) is 2.81. The fraction of sp³-hybridized carbons (Fsp3) is 0.818. The van der Waals surface area contributed by atoms with Crippen molar-refractivity contribution in [2.45, 2.75) is 57.2 Å². The van der Waals surface area contributed by atoms with Crippen LogP contribution in [-0.4, -0.2) is 23.4 Å². The summed E-state index contributed by atoms with van der Waals surface area (Å²) in [5, 5.41) is 8.10. The standard InChI is InChI=1S/C11H18ClN3O2S/c1-8(2)15-11(9-5-3-4-6-9)10(13-14-15)7-18(12,16)17/h8-9H,3-7H2,1-2H3. The third-order valence-electron chi connectivity index (χ3n) is 3.34. The summed E-state index contributed by atoms with van der Waals surface area (Å²) in [7, 11) is 1.75. The summed E-state index contributed by atoms with van der Waals surface area (Å²) in [4.78, 5) is 0. The Bertz CT molecular complexity index is 518. The Morgan fingerprint density at radius 3 is 2.50 bits per heavy atom. The van der Waals surface area contributed by atoms with Crippen LogP contribution in [0.3, 0.4) is 0 Å². The fourth-order valence-electron chi connectivity index (χ4n) is 2.60. The molecule has 18 heavy (non-hydrogen) atoms. The quantitative estimate of drug-likeness (QED) is 0.800. The van der Waals surface area contributed by atoms with Gasteiger partial charge in [0.05, 0.1) is 5.69 Å². The van der Waals surface area contributed by atoms with Crippen molar-refractivity contribution < 1.29 is 8.42 Å². The van der Waals surface area contributed by atoms with Gasteiger partial charge in [-0.3, -0.25) is 0 Å². The van der Waals surface area contributed by atoms with Crippen LogP contribution in [0.4, 0.5) is 0 Å². The molecule has 1 aliphatic rings. The van der Waals surface area contributed by atoms with Crippen molar-refractivity contribution in [1.29, 1.82) is 0 Å². The first-order valence-electron chi connectivity index (χ1n) is 6.25. The number of nitrogens with zero attached hydrogens (tertiary/aromatic N) is 3. The average molecular weight is 292 g/mol. The molecule has 0 aliphatic heterocycles. The Hall–Kier alpha value is -0.620. The van der Waals surface area contributed by atoms with Gasteiger partial charge in [-0.1, -0.05) is 18.1 Å². The molecule has 0 radical (unpaired) electrons. The highest BCUT2D eigenvalue weighted by molar-refractivity contribution is 8.13. The van der Waals surface area contributed by atoms with E-state index in [-0.39, 0.29) is 11.8 Å². The second-order valence-corrected chi connectivity index (χ2v) is 7.90. The lowest BCUT2D eigenvalue weighted by molar-refractivity contribution is 0.473. The molecular weight excluding hydrogens is 274 g/mol. The molecule has 0 bridgehead atoms. The van der Waals surface area contributed by atoms with E-state index in [1.54, 1.807) is 0 Å². The van der Waals surface area contributed by atoms with Gasteiger partial charge < -0.3 is 0 Å². The summed E-state index contributed by atoms with van der Waals surface area (Å²) in [6, 6.07) is 0.180. The highest BCUT2D eigenvalue weighted by atomic mass is 35.7. The molecule has 1 aliphatic carbocycles. The van der Waals surface area contributed by atoms with Crippen molar-refractivity contribution in [2.24, 2.45) is 0 Å². The maximum atomic E-state index is 11.2. The molecular formula is C11H18ClN3O2S. The molecule has 0 spiro atoms. The van der Waals surface area contributed by atoms with Crippen molar-refractivity contribution in [1.82, 2.24) is 15.0 Å². The van der Waals surface area contributed by atoms with Gasteiger partial charge in [0, 0.05) is 22.6 Å². The van der Waals surface area contributed by atoms with Crippen LogP contribution in [-0.2, 0) is 14.8 Å². The van der Waals surface area contributed by atoms with Crippen LogP contribution in [0, 0.1) is 0 Å². The van der Waals surface area contributed by atoms with Crippen molar-refractivity contribution >= 4 is 19.7 Å². The summed E-state index contributed by atoms with van der Waals surface area (Å²) in [5.74, 6) is 0.142. The van der Waals surface area contributed by atoms with Crippen LogP contribution in [0.5, 0.6) is 0 Å². The Morgan fingerprint density at radius 2 is 2.00 bits per heavy atom. The number of hydrogen-bond donors (Lipinski definition) is 0. The van der Waals surface area contributed by atoms with E-state index in [0.29, 0.717) is 11.6 Å². The van der Waals surface area contributed by atoms with Crippen molar-refractivity contribution in [2.75, 3.05) is 0 Å². The highest BCUT2D eigenvalue weighted by Crippen LogP contribution is 2.36. The van der Waals surface area contributed by atoms with E-state index in [9.17, 15) is 8.42 Å². The van der Waals surface area contributed by atoms with E-state index < -0.39 is 9.05 Å². The molecule has 0 unspecified atom stereocenters. The lowest BCUT2D eigenvalue weighted by atomic mass is 10.0. The van der Waals surface area contributed by atoms with E-state index in [1.807, 2.05) is 18.5 Å². The first-order chi connectivity index (χ1) is 8.38. The summed E-state index contributed by atoms with van der Waals surface area (Å²) in [5.41, 5.74) is 1.48. The molecule has 102 valence electrons. The molecule has 1 aromatic rings. The van der Waals surface area contributed by atoms with Gasteiger partial charge in [0.25, 0.3) is 0 Å². The fourth-order valence-corrected chi connectivity index (χ4v) is 3.45. The van der Waals surface area contributed by atoms with Gasteiger partial charge in [0.15, 0.2) is 0 Å². The zero-order valence-corrected chi connectivity index (χ0v) is 12.2. The topological polar surface area (TPSA) is 64.8 Å². The molecule has 7 heteroatoms. The molecule has 1 heterocycles. The zero-order chi connectivity index (χ0) is 13.3. The van der Waals surface area contributed by atoms with E-state index in [2.05, 4.69) is 10.3 Å². The molecule has 0 saturated heterocycles. The predicted molar refractivity (Wildman–Crippen MR) is 70.1 cm³/mol. The lowest BCUT2D eigenvalue weighted by Gasteiger charge is -2.15. The Balaban J connectivity index is 2.40. The number of rotatable bonds is 4. The van der Waals surface area contributed by atoms with Crippen LogP contribution >= 0.6 is 10.7 Å². The molecule has 0 atom stereocenters. The molecule has 2 rings (SSSR count). The van der Waals surface area contributed by atoms with E-state index >= 15 is 0 Å². The summed E-state index contributed by atoms with van der Waals surface area (Å²) in [6.45, 7) is 4.04. The number of aromatic nitrogens is 3. The monoisotopic (exact) mass is 291 g/mol. The van der Waals surface area contributed by atoms with Gasteiger partial charge >= 0.3 is 0 Å². The number of halogens is 1. The SMILES string of the molecule is CC(C)n1nnc(CS(=O)(=O)Cl)c1C1CCCC1. The maximum Gasteiger partial charge on any atom is 0.238 e. The van der Waals surface area contributed by atoms with Crippen LogP contribution in [0.15, 0.2) is 0 Å². The Kier molecular flexibility index (Phi) is 3.96. The van der Waals surface area contributed by atoms with Crippen molar-refractivity contribution in [3.63, 3.8) is 0 Å². The summed E-state index contributed by atoms with van der Waals surface area (Å²) in [6.07, 6.45) is 4.52. The molecule has 5 nitrogen and oxygen atoms in total. The zero-order valence-electron chi connectivity index (χ0n) is 10.6. The largest absolute Gasteiger partial charge is 0.246 e. The third-order valence-corrected chi connectivity index (χ3v) is 4.29. The van der Waals surface area contributed by atoms with Gasteiger partial charge in [-0.05, 0) is 26.7 Å². The third kappa shape index (κ3) is 3.03. The first-order valence-corrected chi connectivity index (χ1v) is 8.72. The molecule has 0 N–H and O–H groups in total. The molecule has 1 fully saturated rings. The minimum atomic E-state index is -3.59. The lowest BCUT2D eigenvalue weighted by Crippen LogP contribution is -2.12. The van der Waals surface area contributed by atoms with Gasteiger partial charge in [0.1, 0.15) is 11.4 Å². The Labute approximate surface area is 112 Å². The van der Waals surface area contributed by atoms with Crippen molar-refractivity contribution in [3.05, 3.63) is 11.4 Å². The van der Waals surface area contributed by atoms with E-state index in [1.165, 1.54) is 12.8 Å². The van der Waals surface area contributed by atoms with E-state index in [4.69, 9.17) is 10.7 Å². The highest BCUT2D eigenvalue weighted by Gasteiger charge is 2.28. The van der Waals surface area contributed by atoms with Gasteiger partial charge in [0.2, 0.25) is 9.05 Å². The minimum Gasteiger partial charge on any atom is -0.246 e. The maximum absolute atomic E-state index is 11.2. The minimum absolute atomic E-state index is 0.180. The van der Waals surface area contributed by atoms with Gasteiger partial charge in [-0.15, -0.1) is 5.10 Å². The van der Waals surface area contributed by atoms with Crippen LogP contribution < -0.4 is 0 Å². The molecule has 1 aromatic heterocycles. The van der Waals surface area contributed by atoms with Crippen LogP contribution in [0.1, 0.15) is 62.9 Å². The van der Waals surface area contributed by atoms with Crippen LogP contribution in [0.25, 0.3) is 0 Å². The molecule has 0 amide bonds. The van der Waals surface area contributed by atoms with E-state index in [0.717, 1.165) is 18.5 Å². The van der Waals surface area contributed by atoms with Crippen LogP contribution in [0.2, 0.25) is 0 Å². The van der Waals surface area contributed by atoms with Crippen molar-refractivity contribution in [3.8, 4) is 0 Å². The molecule has 1 saturated carbocycles. The predicted octanol–water partition coefficient (Wildman–Crippen LogP) is 2.59. The van der Waals surface area contributed by atoms with Gasteiger partial charge in [-0.2, -0.15) is 0 Å².